The number of hydrogen-bond donors (Lipinski definition) is 2. The number of amides is 3. The predicted octanol–water partition coefficient (Wildman–Crippen LogP) is 4.02. The highest BCUT2D eigenvalue weighted by Crippen LogP contribution is 2.33. The summed E-state index contributed by atoms with van der Waals surface area (Å²) in [7, 11) is 1.57. The minimum atomic E-state index is -0.804. The molecule has 0 aromatic heterocycles. The van der Waals surface area contributed by atoms with E-state index in [2.05, 4.69) is 24.5 Å². The van der Waals surface area contributed by atoms with E-state index < -0.39 is 5.54 Å². The second kappa shape index (κ2) is 8.84. The number of ether oxygens (including phenoxy) is 1. The zero-order valence-electron chi connectivity index (χ0n) is 17.3. The molecule has 2 atom stereocenters. The number of urea groups is 1. The molecule has 28 heavy (non-hydrogen) atoms. The molecule has 2 N–H and O–H groups in total. The van der Waals surface area contributed by atoms with Crippen LogP contribution < -0.4 is 15.4 Å². The van der Waals surface area contributed by atoms with Crippen molar-refractivity contribution in [3.63, 3.8) is 0 Å². The number of carbonyl (C=O) groups is 2. The van der Waals surface area contributed by atoms with Crippen molar-refractivity contribution >= 4 is 17.6 Å². The number of benzene rings is 1. The second-order valence-corrected chi connectivity index (χ2v) is 8.58. The summed E-state index contributed by atoms with van der Waals surface area (Å²) < 4.78 is 5.31. The van der Waals surface area contributed by atoms with Gasteiger partial charge in [-0.15, -0.1) is 0 Å². The molecule has 154 valence electrons. The van der Waals surface area contributed by atoms with E-state index in [0.29, 0.717) is 36.1 Å². The van der Waals surface area contributed by atoms with Gasteiger partial charge in [-0.2, -0.15) is 0 Å². The first kappa shape index (κ1) is 20.5. The number of para-hydroxylation sites is 2. The number of carbonyl (C=O) groups excluding carboxylic acids is 2. The molecule has 2 fully saturated rings. The molecule has 1 saturated carbocycles. The van der Waals surface area contributed by atoms with Crippen LogP contribution >= 0.6 is 0 Å². The smallest absolute Gasteiger partial charge is 0.320 e. The highest BCUT2D eigenvalue weighted by molar-refractivity contribution is 5.97. The summed E-state index contributed by atoms with van der Waals surface area (Å²) in [5.41, 5.74) is -0.206. The van der Waals surface area contributed by atoms with E-state index in [9.17, 15) is 9.59 Å². The molecule has 0 spiro atoms. The van der Waals surface area contributed by atoms with Crippen LogP contribution in [-0.4, -0.2) is 42.6 Å². The van der Waals surface area contributed by atoms with E-state index >= 15 is 0 Å². The van der Waals surface area contributed by atoms with Crippen molar-refractivity contribution < 1.29 is 14.3 Å². The van der Waals surface area contributed by atoms with Gasteiger partial charge in [0, 0.05) is 13.1 Å². The lowest BCUT2D eigenvalue weighted by Crippen LogP contribution is -2.62. The Morgan fingerprint density at radius 3 is 2.36 bits per heavy atom. The molecule has 1 aromatic carbocycles. The lowest BCUT2D eigenvalue weighted by Gasteiger charge is -2.43. The summed E-state index contributed by atoms with van der Waals surface area (Å²) in [4.78, 5) is 28.3. The molecular weight excluding hydrogens is 354 g/mol. The third-order valence-corrected chi connectivity index (χ3v) is 5.98. The minimum absolute atomic E-state index is 0.0841. The molecule has 6 heteroatoms. The Bertz CT molecular complexity index is 690. The first-order valence-corrected chi connectivity index (χ1v) is 10.4. The monoisotopic (exact) mass is 387 g/mol. The number of rotatable bonds is 4. The Morgan fingerprint density at radius 1 is 1.07 bits per heavy atom. The molecule has 0 bridgehead atoms. The van der Waals surface area contributed by atoms with Crippen LogP contribution in [0, 0.1) is 11.8 Å². The molecule has 0 unspecified atom stereocenters. The van der Waals surface area contributed by atoms with Gasteiger partial charge in [0.15, 0.2) is 0 Å². The van der Waals surface area contributed by atoms with Gasteiger partial charge in [-0.1, -0.05) is 45.2 Å². The number of anilines is 1. The van der Waals surface area contributed by atoms with Gasteiger partial charge < -0.3 is 20.3 Å². The van der Waals surface area contributed by atoms with Gasteiger partial charge in [0.05, 0.1) is 12.8 Å². The third kappa shape index (κ3) is 4.59. The lowest BCUT2D eigenvalue weighted by molar-refractivity contribution is -0.142. The van der Waals surface area contributed by atoms with Crippen LogP contribution in [0.25, 0.3) is 0 Å². The normalized spacial score (nSPS) is 24.3. The summed E-state index contributed by atoms with van der Waals surface area (Å²) in [6.45, 7) is 5.96. The summed E-state index contributed by atoms with van der Waals surface area (Å²) >= 11 is 0. The molecule has 1 saturated heterocycles. The topological polar surface area (TPSA) is 70.7 Å². The van der Waals surface area contributed by atoms with Gasteiger partial charge in [0.25, 0.3) is 0 Å². The van der Waals surface area contributed by atoms with E-state index in [1.54, 1.807) is 19.2 Å². The molecule has 0 radical (unpaired) electrons. The van der Waals surface area contributed by atoms with Crippen molar-refractivity contribution in [3.8, 4) is 5.75 Å². The number of piperidine rings is 1. The Morgan fingerprint density at radius 2 is 1.71 bits per heavy atom. The molecule has 1 aromatic rings. The number of hydrogen-bond acceptors (Lipinski definition) is 3. The van der Waals surface area contributed by atoms with Crippen LogP contribution in [-0.2, 0) is 4.79 Å². The quantitative estimate of drug-likeness (QED) is 0.820. The zero-order chi connectivity index (χ0) is 20.1. The zero-order valence-corrected chi connectivity index (χ0v) is 17.3. The van der Waals surface area contributed by atoms with Crippen LogP contribution in [0.1, 0.15) is 52.4 Å². The molecule has 2 aliphatic rings. The molecule has 3 amide bonds. The van der Waals surface area contributed by atoms with Crippen LogP contribution in [0.15, 0.2) is 24.3 Å². The number of likely N-dealkylation sites (tertiary alicyclic amines) is 1. The predicted molar refractivity (Wildman–Crippen MR) is 110 cm³/mol. The van der Waals surface area contributed by atoms with Gasteiger partial charge in [0.1, 0.15) is 11.3 Å². The SMILES string of the molecule is COc1ccccc1NC(=O)NC1(C(=O)N2C[C@H](C)C[C@@H](C)C2)CCCCC1. The lowest BCUT2D eigenvalue weighted by atomic mass is 9.79. The fourth-order valence-corrected chi connectivity index (χ4v) is 4.80. The second-order valence-electron chi connectivity index (χ2n) is 8.58. The first-order chi connectivity index (χ1) is 13.4. The van der Waals surface area contributed by atoms with Crippen molar-refractivity contribution in [1.29, 1.82) is 0 Å². The molecule has 6 nitrogen and oxygen atoms in total. The molecule has 1 aliphatic heterocycles. The van der Waals surface area contributed by atoms with Crippen LogP contribution in [0.4, 0.5) is 10.5 Å². The molecule has 1 aliphatic carbocycles. The maximum absolute atomic E-state index is 13.5. The Kier molecular flexibility index (Phi) is 6.47. The largest absolute Gasteiger partial charge is 0.495 e. The maximum Gasteiger partial charge on any atom is 0.320 e. The summed E-state index contributed by atoms with van der Waals surface area (Å²) in [5.74, 6) is 1.67. The highest BCUT2D eigenvalue weighted by Gasteiger charge is 2.44. The minimum Gasteiger partial charge on any atom is -0.495 e. The maximum atomic E-state index is 13.5. The van der Waals surface area contributed by atoms with E-state index in [4.69, 9.17) is 4.74 Å². The Hall–Kier alpha value is -2.24. The average molecular weight is 388 g/mol. The van der Waals surface area contributed by atoms with Gasteiger partial charge in [-0.25, -0.2) is 4.79 Å². The Labute approximate surface area is 168 Å². The van der Waals surface area contributed by atoms with Crippen molar-refractivity contribution in [1.82, 2.24) is 10.2 Å². The number of nitrogens with one attached hydrogen (secondary N) is 2. The van der Waals surface area contributed by atoms with Crippen molar-refractivity contribution in [2.24, 2.45) is 11.8 Å². The number of methoxy groups -OCH3 is 1. The van der Waals surface area contributed by atoms with Crippen molar-refractivity contribution in [2.75, 3.05) is 25.5 Å². The number of nitrogens with zero attached hydrogens (tertiary/aromatic N) is 1. The van der Waals surface area contributed by atoms with E-state index in [0.717, 1.165) is 38.8 Å². The third-order valence-electron chi connectivity index (χ3n) is 5.98. The van der Waals surface area contributed by atoms with Crippen molar-refractivity contribution in [3.05, 3.63) is 24.3 Å². The summed E-state index contributed by atoms with van der Waals surface area (Å²) in [5, 5.41) is 5.93. The van der Waals surface area contributed by atoms with E-state index in [-0.39, 0.29) is 11.9 Å². The molecular formula is C22H33N3O3. The standard InChI is InChI=1S/C22H33N3O3/c1-16-13-17(2)15-25(14-16)20(26)22(11-7-4-8-12-22)24-21(27)23-18-9-5-6-10-19(18)28-3/h5-6,9-10,16-17H,4,7-8,11-15H2,1-3H3,(H2,23,24,27)/t16-,17-/m1/s1. The van der Waals surface area contributed by atoms with E-state index in [1.807, 2.05) is 17.0 Å². The fourth-order valence-electron chi connectivity index (χ4n) is 4.80. The molecule has 3 rings (SSSR count). The van der Waals surface area contributed by atoms with Gasteiger partial charge in [-0.3, -0.25) is 4.79 Å². The van der Waals surface area contributed by atoms with Gasteiger partial charge in [0.2, 0.25) is 5.91 Å². The summed E-state index contributed by atoms with van der Waals surface area (Å²) in [6, 6.07) is 6.94. The first-order valence-electron chi connectivity index (χ1n) is 10.4. The van der Waals surface area contributed by atoms with Gasteiger partial charge >= 0.3 is 6.03 Å². The van der Waals surface area contributed by atoms with Crippen LogP contribution in [0.5, 0.6) is 5.75 Å². The van der Waals surface area contributed by atoms with Crippen LogP contribution in [0.3, 0.4) is 0 Å². The van der Waals surface area contributed by atoms with Crippen LogP contribution in [0.2, 0.25) is 0 Å². The average Bonchev–Trinajstić information content (AvgIpc) is 2.67. The fraction of sp³-hybridized carbons (Fsp3) is 0.636. The van der Waals surface area contributed by atoms with Gasteiger partial charge in [-0.05, 0) is 43.2 Å². The molecule has 1 heterocycles. The Balaban J connectivity index is 1.75. The van der Waals surface area contributed by atoms with Crippen molar-refractivity contribution in [2.45, 2.75) is 57.9 Å². The van der Waals surface area contributed by atoms with E-state index in [1.165, 1.54) is 0 Å². The highest BCUT2D eigenvalue weighted by atomic mass is 16.5. The summed E-state index contributed by atoms with van der Waals surface area (Å²) in [6.07, 6.45) is 5.57.